The van der Waals surface area contributed by atoms with Crippen LogP contribution in [0.25, 0.3) is 0 Å². The van der Waals surface area contributed by atoms with Crippen LogP contribution in [0.3, 0.4) is 0 Å². The minimum Gasteiger partial charge on any atom is -0.344 e. The highest BCUT2D eigenvalue weighted by Gasteiger charge is 2.12. The largest absolute Gasteiger partial charge is 0.448 e. The van der Waals surface area contributed by atoms with E-state index >= 15 is 0 Å². The average molecular weight is 430 g/mol. The average Bonchev–Trinajstić information content (AvgIpc) is 2.32. The van der Waals surface area contributed by atoms with Gasteiger partial charge in [0.2, 0.25) is 0 Å². The molecule has 0 amide bonds. The van der Waals surface area contributed by atoms with Gasteiger partial charge >= 0.3 is 26.8 Å². The fourth-order valence-corrected chi connectivity index (χ4v) is 2.06. The molecule has 12 N–H and O–H groups in total. The lowest BCUT2D eigenvalue weighted by molar-refractivity contribution is -0.134. The summed E-state index contributed by atoms with van der Waals surface area (Å²) in [5.74, 6) is -0.888. The molecule has 0 saturated carbocycles. The zero-order chi connectivity index (χ0) is 18.4. The molecule has 0 heterocycles. The van der Waals surface area contributed by atoms with Crippen molar-refractivity contribution in [2.45, 2.75) is 71.1 Å². The van der Waals surface area contributed by atoms with Gasteiger partial charge in [0.05, 0.1) is 0 Å². The van der Waals surface area contributed by atoms with Crippen molar-refractivity contribution in [3.8, 4) is 0 Å². The Hall–Kier alpha value is -0.870. The van der Waals surface area contributed by atoms with Crippen LogP contribution >= 0.6 is 0 Å². The van der Waals surface area contributed by atoms with Crippen molar-refractivity contribution in [1.82, 2.24) is 18.5 Å². The number of hydrogen-bond acceptors (Lipinski definition) is 9. The van der Waals surface area contributed by atoms with Gasteiger partial charge in [0.25, 0.3) is 0 Å². The molecule has 0 aliphatic heterocycles. The van der Waals surface area contributed by atoms with Crippen molar-refractivity contribution < 1.29 is 39.5 Å². The van der Waals surface area contributed by atoms with Crippen molar-refractivity contribution in [3.63, 3.8) is 0 Å². The highest BCUT2D eigenvalue weighted by atomic mass is 32.3. The second-order valence-corrected chi connectivity index (χ2v) is 6.83. The number of carbonyl (C=O) groups excluding carboxylic acids is 1. The summed E-state index contributed by atoms with van der Waals surface area (Å²) in [4.78, 5) is 10.9. The summed E-state index contributed by atoms with van der Waals surface area (Å²) in [5.41, 5.74) is 0. The van der Waals surface area contributed by atoms with Gasteiger partial charge in [0.1, 0.15) is 0 Å². The number of rotatable bonds is 11. The van der Waals surface area contributed by atoms with Crippen LogP contribution in [0.1, 0.15) is 71.1 Å². The number of carbonyl (C=O) groups is 1. The van der Waals surface area contributed by atoms with E-state index in [-0.39, 0.29) is 24.9 Å². The van der Waals surface area contributed by atoms with Crippen LogP contribution in [0.5, 0.6) is 0 Å². The molecule has 12 nitrogen and oxygen atoms in total. The minimum atomic E-state index is -4.67. The molecule has 0 aromatic rings. The molecule has 0 rings (SSSR count). The first-order chi connectivity index (χ1) is 10.5. The maximum absolute atomic E-state index is 10.9. The standard InChI is InChI=1S/C12H24O5S.3H3N.H2O4S/c1-2-3-4-5-6-7-8-9-10-11-12(13)17-18(14,15)16;;;;1-5(2,3)4/h2-11H2,1H3,(H,14,15,16);3*1H3;(H2,1,2,3,4). The Bertz CT molecular complexity index is 502. The van der Waals surface area contributed by atoms with E-state index in [1.54, 1.807) is 0 Å². The first kappa shape index (κ1) is 36.1. The monoisotopic (exact) mass is 429 g/mol. The molecule has 164 valence electrons. The third kappa shape index (κ3) is 49.5. The highest BCUT2D eigenvalue weighted by molar-refractivity contribution is 7.81. The molecule has 14 heteroatoms. The third-order valence-corrected chi connectivity index (χ3v) is 3.08. The molecular formula is C12H35N3O9S2. The fraction of sp³-hybridized carbons (Fsp3) is 0.917. The van der Waals surface area contributed by atoms with E-state index in [9.17, 15) is 13.2 Å². The molecule has 0 aliphatic rings. The lowest BCUT2D eigenvalue weighted by Crippen LogP contribution is -2.11. The van der Waals surface area contributed by atoms with Crippen molar-refractivity contribution in [2.24, 2.45) is 0 Å². The van der Waals surface area contributed by atoms with Crippen molar-refractivity contribution in [3.05, 3.63) is 0 Å². The lowest BCUT2D eigenvalue weighted by atomic mass is 10.1. The molecule has 26 heavy (non-hydrogen) atoms. The molecule has 0 saturated heterocycles. The van der Waals surface area contributed by atoms with Gasteiger partial charge in [-0.2, -0.15) is 16.8 Å². The summed E-state index contributed by atoms with van der Waals surface area (Å²) in [6.07, 6.45) is 10.0. The van der Waals surface area contributed by atoms with Crippen molar-refractivity contribution in [2.75, 3.05) is 0 Å². The Balaban J connectivity index is -0.000000162. The summed E-state index contributed by atoms with van der Waals surface area (Å²) in [6.45, 7) is 2.19. The summed E-state index contributed by atoms with van der Waals surface area (Å²) in [7, 11) is -9.30. The zero-order valence-electron chi connectivity index (χ0n) is 15.3. The van der Waals surface area contributed by atoms with Gasteiger partial charge in [-0.25, -0.2) is 0 Å². The zero-order valence-corrected chi connectivity index (χ0v) is 16.9. The van der Waals surface area contributed by atoms with Gasteiger partial charge in [0, 0.05) is 6.42 Å². The van der Waals surface area contributed by atoms with E-state index in [0.29, 0.717) is 6.42 Å². The Morgan fingerprint density at radius 1 is 0.731 bits per heavy atom. The molecule has 0 spiro atoms. The van der Waals surface area contributed by atoms with Gasteiger partial charge in [-0.1, -0.05) is 58.3 Å². The fourth-order valence-electron chi connectivity index (χ4n) is 1.74. The molecule has 0 fully saturated rings. The number of unbranched alkanes of at least 4 members (excludes halogenated alkanes) is 8. The Morgan fingerprint density at radius 2 is 1.04 bits per heavy atom. The highest BCUT2D eigenvalue weighted by Crippen LogP contribution is 2.10. The van der Waals surface area contributed by atoms with Crippen LogP contribution in [-0.2, 0) is 29.8 Å². The SMILES string of the molecule is CCCCCCCCCCCC(=O)OS(=O)(=O)O.N.N.N.O=S(=O)(O)O. The normalized spacial score (nSPS) is 10.2. The van der Waals surface area contributed by atoms with Crippen LogP contribution < -0.4 is 18.5 Å². The third-order valence-electron chi connectivity index (χ3n) is 2.68. The summed E-state index contributed by atoms with van der Waals surface area (Å²) < 4.78 is 64.1. The predicted octanol–water partition coefficient (Wildman–Crippen LogP) is 3.09. The van der Waals surface area contributed by atoms with Gasteiger partial charge in [-0.05, 0) is 6.42 Å². The second kappa shape index (κ2) is 20.4. The van der Waals surface area contributed by atoms with Crippen molar-refractivity contribution in [1.29, 1.82) is 0 Å². The Labute approximate surface area is 156 Å². The smallest absolute Gasteiger partial charge is 0.344 e. The minimum absolute atomic E-state index is 0. The molecule has 0 unspecified atom stereocenters. The quantitative estimate of drug-likeness (QED) is 0.204. The molecule has 0 atom stereocenters. The Morgan fingerprint density at radius 3 is 1.35 bits per heavy atom. The first-order valence-electron chi connectivity index (χ1n) is 7.35. The molecule has 0 bridgehead atoms. The maximum Gasteiger partial charge on any atom is 0.448 e. The van der Waals surface area contributed by atoms with E-state index in [2.05, 4.69) is 11.1 Å². The Kier molecular flexibility index (Phi) is 28.4. The molecular weight excluding hydrogens is 394 g/mol. The molecule has 0 radical (unpaired) electrons. The van der Waals surface area contributed by atoms with Gasteiger partial charge in [0.15, 0.2) is 0 Å². The summed E-state index contributed by atoms with van der Waals surface area (Å²) in [5, 5.41) is 0. The van der Waals surface area contributed by atoms with E-state index in [0.717, 1.165) is 19.3 Å². The van der Waals surface area contributed by atoms with Gasteiger partial charge in [-0.15, -0.1) is 0 Å². The van der Waals surface area contributed by atoms with E-state index in [1.165, 1.54) is 32.1 Å². The van der Waals surface area contributed by atoms with Crippen LogP contribution in [0.4, 0.5) is 0 Å². The van der Waals surface area contributed by atoms with Gasteiger partial charge < -0.3 is 22.6 Å². The number of hydrogen-bond donors (Lipinski definition) is 6. The van der Waals surface area contributed by atoms with Crippen LogP contribution in [-0.4, -0.2) is 36.5 Å². The first-order valence-corrected chi connectivity index (χ1v) is 10.1. The predicted molar refractivity (Wildman–Crippen MR) is 98.7 cm³/mol. The second-order valence-electron chi connectivity index (χ2n) is 4.91. The lowest BCUT2D eigenvalue weighted by Gasteiger charge is -2.02. The maximum atomic E-state index is 10.9. The topological polar surface area (TPSA) is 260 Å². The van der Waals surface area contributed by atoms with Crippen LogP contribution in [0, 0.1) is 0 Å². The van der Waals surface area contributed by atoms with Crippen molar-refractivity contribution >= 4 is 26.8 Å². The summed E-state index contributed by atoms with van der Waals surface area (Å²) >= 11 is 0. The van der Waals surface area contributed by atoms with E-state index in [1.807, 2.05) is 0 Å². The van der Waals surface area contributed by atoms with Gasteiger partial charge in [-0.3, -0.25) is 18.5 Å². The molecule has 0 aromatic carbocycles. The summed E-state index contributed by atoms with van der Waals surface area (Å²) in [6, 6.07) is 0. The van der Waals surface area contributed by atoms with Crippen LogP contribution in [0.2, 0.25) is 0 Å². The van der Waals surface area contributed by atoms with Crippen LogP contribution in [0.15, 0.2) is 0 Å². The molecule has 0 aliphatic carbocycles. The van der Waals surface area contributed by atoms with E-state index < -0.39 is 26.8 Å². The van der Waals surface area contributed by atoms with E-state index in [4.69, 9.17) is 22.1 Å². The molecule has 0 aromatic heterocycles.